The van der Waals surface area contributed by atoms with E-state index in [1.807, 2.05) is 31.2 Å². The first kappa shape index (κ1) is 21.1. The molecule has 5 nitrogen and oxygen atoms in total. The summed E-state index contributed by atoms with van der Waals surface area (Å²) in [5.41, 5.74) is 6.59. The maximum atomic E-state index is 12.5. The number of benzene rings is 2. The third-order valence-electron chi connectivity index (χ3n) is 4.84. The van der Waals surface area contributed by atoms with Gasteiger partial charge in [0, 0.05) is 12.3 Å². The average Bonchev–Trinajstić information content (AvgIpc) is 3.09. The zero-order valence-electron chi connectivity index (χ0n) is 17.1. The van der Waals surface area contributed by atoms with E-state index in [9.17, 15) is 9.90 Å². The van der Waals surface area contributed by atoms with Gasteiger partial charge < -0.3 is 15.0 Å². The van der Waals surface area contributed by atoms with Crippen molar-refractivity contribution in [3.63, 3.8) is 0 Å². The number of thioether (sulfide) groups is 1. The lowest BCUT2D eigenvalue weighted by Gasteiger charge is -2.12. The highest BCUT2D eigenvalue weighted by Gasteiger charge is 2.14. The standard InChI is InChI=1S/C23H27N3O2S/c1-16-5-8-19(9-6-16)11-24-22(28)13-26-21(14-27)12-25-23(26)29-15-20-10-17(2)4-7-18(20)3/h4-10,12,27H,11,13-15H2,1-3H3,(H,24,28). The van der Waals surface area contributed by atoms with E-state index in [2.05, 4.69) is 42.3 Å². The third-order valence-corrected chi connectivity index (χ3v) is 5.88. The maximum absolute atomic E-state index is 12.5. The van der Waals surface area contributed by atoms with Crippen LogP contribution in [0.1, 0.15) is 33.5 Å². The number of hydrogen-bond acceptors (Lipinski definition) is 4. The average molecular weight is 410 g/mol. The van der Waals surface area contributed by atoms with Crippen LogP contribution in [0.25, 0.3) is 0 Å². The molecule has 1 heterocycles. The monoisotopic (exact) mass is 409 g/mol. The number of hydrogen-bond donors (Lipinski definition) is 2. The Labute approximate surface area is 176 Å². The van der Waals surface area contributed by atoms with E-state index in [0.717, 1.165) is 16.5 Å². The molecule has 3 aromatic rings. The van der Waals surface area contributed by atoms with Gasteiger partial charge in [-0.25, -0.2) is 4.98 Å². The molecule has 1 amide bonds. The summed E-state index contributed by atoms with van der Waals surface area (Å²) in [6.07, 6.45) is 1.64. The Morgan fingerprint density at radius 1 is 1.10 bits per heavy atom. The molecule has 0 fully saturated rings. The molecular weight excluding hydrogens is 382 g/mol. The highest BCUT2D eigenvalue weighted by molar-refractivity contribution is 7.98. The van der Waals surface area contributed by atoms with E-state index in [4.69, 9.17) is 0 Å². The lowest BCUT2D eigenvalue weighted by Crippen LogP contribution is -2.28. The number of aliphatic hydroxyl groups is 1. The molecule has 0 radical (unpaired) electrons. The molecule has 0 aliphatic carbocycles. The lowest BCUT2D eigenvalue weighted by atomic mass is 10.1. The number of carbonyl (C=O) groups is 1. The van der Waals surface area contributed by atoms with Gasteiger partial charge in [0.25, 0.3) is 0 Å². The minimum absolute atomic E-state index is 0.105. The van der Waals surface area contributed by atoms with E-state index < -0.39 is 0 Å². The number of amides is 1. The molecule has 0 bridgehead atoms. The first-order chi connectivity index (χ1) is 14.0. The fourth-order valence-electron chi connectivity index (χ4n) is 3.01. The number of aromatic nitrogens is 2. The van der Waals surface area contributed by atoms with Crippen LogP contribution in [0, 0.1) is 20.8 Å². The summed E-state index contributed by atoms with van der Waals surface area (Å²) in [6, 6.07) is 14.5. The van der Waals surface area contributed by atoms with Crippen LogP contribution in [-0.4, -0.2) is 20.6 Å². The summed E-state index contributed by atoms with van der Waals surface area (Å²) in [6.45, 7) is 6.68. The van der Waals surface area contributed by atoms with Gasteiger partial charge >= 0.3 is 0 Å². The molecule has 0 saturated heterocycles. The van der Waals surface area contributed by atoms with Crippen molar-refractivity contribution in [3.8, 4) is 0 Å². The van der Waals surface area contributed by atoms with Gasteiger partial charge in [-0.2, -0.15) is 0 Å². The van der Waals surface area contributed by atoms with Crippen molar-refractivity contribution >= 4 is 17.7 Å². The summed E-state index contributed by atoms with van der Waals surface area (Å²) >= 11 is 1.58. The van der Waals surface area contributed by atoms with Crippen LogP contribution in [0.2, 0.25) is 0 Å². The molecule has 0 spiro atoms. The van der Waals surface area contributed by atoms with Crippen molar-refractivity contribution in [2.24, 2.45) is 0 Å². The third kappa shape index (κ3) is 5.71. The van der Waals surface area contributed by atoms with Crippen LogP contribution < -0.4 is 5.32 Å². The second kappa shape index (κ2) is 9.76. The predicted octanol–water partition coefficient (Wildman–Crippen LogP) is 3.91. The van der Waals surface area contributed by atoms with Gasteiger partial charge in [-0.15, -0.1) is 0 Å². The van der Waals surface area contributed by atoms with Gasteiger partial charge in [0.05, 0.1) is 18.5 Å². The fraction of sp³-hybridized carbons (Fsp3) is 0.304. The molecule has 152 valence electrons. The fourth-order valence-corrected chi connectivity index (χ4v) is 4.07. The van der Waals surface area contributed by atoms with Gasteiger partial charge in [-0.3, -0.25) is 4.79 Å². The molecule has 0 atom stereocenters. The SMILES string of the molecule is Cc1ccc(CNC(=O)Cn2c(CO)cnc2SCc2cc(C)ccc2C)cc1. The van der Waals surface area contributed by atoms with Crippen molar-refractivity contribution in [3.05, 3.63) is 82.2 Å². The van der Waals surface area contributed by atoms with Crippen LogP contribution in [0.15, 0.2) is 53.8 Å². The molecule has 2 N–H and O–H groups in total. The highest BCUT2D eigenvalue weighted by atomic mass is 32.2. The van der Waals surface area contributed by atoms with Crippen LogP contribution in [0.5, 0.6) is 0 Å². The Hall–Kier alpha value is -2.57. The largest absolute Gasteiger partial charge is 0.390 e. The summed E-state index contributed by atoms with van der Waals surface area (Å²) in [5, 5.41) is 13.3. The number of aliphatic hydroxyl groups excluding tert-OH is 1. The Bertz CT molecular complexity index is 980. The summed E-state index contributed by atoms with van der Waals surface area (Å²) < 4.78 is 1.79. The predicted molar refractivity (Wildman–Crippen MR) is 117 cm³/mol. The van der Waals surface area contributed by atoms with E-state index in [-0.39, 0.29) is 19.1 Å². The molecule has 0 aliphatic rings. The smallest absolute Gasteiger partial charge is 0.240 e. The first-order valence-electron chi connectivity index (χ1n) is 9.62. The molecule has 6 heteroatoms. The minimum atomic E-state index is -0.151. The summed E-state index contributed by atoms with van der Waals surface area (Å²) in [7, 11) is 0. The van der Waals surface area contributed by atoms with Gasteiger partial charge in [-0.05, 0) is 37.5 Å². The van der Waals surface area contributed by atoms with Crippen LogP contribution in [-0.2, 0) is 30.2 Å². The van der Waals surface area contributed by atoms with E-state index in [1.165, 1.54) is 22.3 Å². The Balaban J connectivity index is 1.65. The van der Waals surface area contributed by atoms with E-state index in [1.54, 1.807) is 22.5 Å². The molecule has 2 aromatic carbocycles. The second-order valence-electron chi connectivity index (χ2n) is 7.26. The quantitative estimate of drug-likeness (QED) is 0.554. The topological polar surface area (TPSA) is 67.2 Å². The zero-order valence-corrected chi connectivity index (χ0v) is 17.9. The Kier molecular flexibility index (Phi) is 7.12. The summed E-state index contributed by atoms with van der Waals surface area (Å²) in [5.74, 6) is 0.660. The lowest BCUT2D eigenvalue weighted by molar-refractivity contribution is -0.122. The Morgan fingerprint density at radius 2 is 1.83 bits per heavy atom. The first-order valence-corrected chi connectivity index (χ1v) is 10.6. The van der Waals surface area contributed by atoms with Gasteiger partial charge in [0.1, 0.15) is 6.54 Å². The maximum Gasteiger partial charge on any atom is 0.240 e. The van der Waals surface area contributed by atoms with Crippen LogP contribution in [0.3, 0.4) is 0 Å². The molecule has 29 heavy (non-hydrogen) atoms. The number of nitrogens with zero attached hydrogens (tertiary/aromatic N) is 2. The Morgan fingerprint density at radius 3 is 2.55 bits per heavy atom. The van der Waals surface area contributed by atoms with Crippen LogP contribution >= 0.6 is 11.8 Å². The van der Waals surface area contributed by atoms with Crippen molar-refractivity contribution in [2.45, 2.75) is 51.4 Å². The van der Waals surface area contributed by atoms with Gasteiger partial charge in [0.15, 0.2) is 5.16 Å². The number of imidazole rings is 1. The molecular formula is C23H27N3O2S. The molecule has 3 rings (SSSR count). The summed E-state index contributed by atoms with van der Waals surface area (Å²) in [4.78, 5) is 16.9. The van der Waals surface area contributed by atoms with Crippen molar-refractivity contribution in [1.82, 2.24) is 14.9 Å². The number of aryl methyl sites for hydroxylation is 3. The molecule has 0 unspecified atom stereocenters. The number of rotatable bonds is 8. The van der Waals surface area contributed by atoms with Crippen molar-refractivity contribution < 1.29 is 9.90 Å². The normalized spacial score (nSPS) is 10.9. The molecule has 0 aliphatic heterocycles. The van der Waals surface area contributed by atoms with Crippen LogP contribution in [0.4, 0.5) is 0 Å². The highest BCUT2D eigenvalue weighted by Crippen LogP contribution is 2.25. The van der Waals surface area contributed by atoms with E-state index >= 15 is 0 Å². The van der Waals surface area contributed by atoms with Crippen molar-refractivity contribution in [1.29, 1.82) is 0 Å². The minimum Gasteiger partial charge on any atom is -0.390 e. The van der Waals surface area contributed by atoms with E-state index in [0.29, 0.717) is 12.2 Å². The number of nitrogens with one attached hydrogen (secondary N) is 1. The number of carbonyl (C=O) groups excluding carboxylic acids is 1. The molecule has 1 aromatic heterocycles. The zero-order chi connectivity index (χ0) is 20.8. The van der Waals surface area contributed by atoms with Crippen molar-refractivity contribution in [2.75, 3.05) is 0 Å². The van der Waals surface area contributed by atoms with Gasteiger partial charge in [0.2, 0.25) is 5.91 Å². The van der Waals surface area contributed by atoms with Gasteiger partial charge in [-0.1, -0.05) is 65.4 Å². The second-order valence-corrected chi connectivity index (χ2v) is 8.20. The molecule has 0 saturated carbocycles.